The number of benzene rings is 2. The van der Waals surface area contributed by atoms with Crippen molar-refractivity contribution in [3.05, 3.63) is 59.7 Å². The molecule has 2 aromatic rings. The molecule has 1 aliphatic heterocycles. The Labute approximate surface area is 148 Å². The van der Waals surface area contributed by atoms with Crippen LogP contribution >= 0.6 is 0 Å². The highest BCUT2D eigenvalue weighted by atomic mass is 16.3. The molecule has 0 spiro atoms. The smallest absolute Gasteiger partial charge is 0.254 e. The summed E-state index contributed by atoms with van der Waals surface area (Å²) in [5.41, 5.74) is 3.81. The second-order valence-electron chi connectivity index (χ2n) is 6.58. The van der Waals surface area contributed by atoms with Crippen molar-refractivity contribution in [3.63, 3.8) is 0 Å². The lowest BCUT2D eigenvalue weighted by Crippen LogP contribution is -2.45. The summed E-state index contributed by atoms with van der Waals surface area (Å²) in [6, 6.07) is 15.7. The maximum Gasteiger partial charge on any atom is 0.254 e. The number of amides is 1. The van der Waals surface area contributed by atoms with Gasteiger partial charge in [-0.1, -0.05) is 36.4 Å². The molecule has 1 heterocycles. The minimum atomic E-state index is -0.0670. The van der Waals surface area contributed by atoms with Crippen molar-refractivity contribution in [2.24, 2.45) is 0 Å². The van der Waals surface area contributed by atoms with E-state index in [0.29, 0.717) is 18.5 Å². The Kier molecular flexibility index (Phi) is 5.84. The molecule has 1 amide bonds. The Bertz CT molecular complexity index is 711. The molecule has 0 aromatic heterocycles. The van der Waals surface area contributed by atoms with Crippen LogP contribution in [0.25, 0.3) is 11.1 Å². The van der Waals surface area contributed by atoms with Crippen molar-refractivity contribution >= 4 is 5.91 Å². The van der Waals surface area contributed by atoms with Gasteiger partial charge in [-0.05, 0) is 54.5 Å². The van der Waals surface area contributed by atoms with Gasteiger partial charge in [0.1, 0.15) is 0 Å². The van der Waals surface area contributed by atoms with Crippen molar-refractivity contribution in [2.45, 2.75) is 31.7 Å². The van der Waals surface area contributed by atoms with Crippen LogP contribution in [0.5, 0.6) is 0 Å². The van der Waals surface area contributed by atoms with E-state index in [1.165, 1.54) is 0 Å². The first-order valence-corrected chi connectivity index (χ1v) is 8.95. The van der Waals surface area contributed by atoms with Gasteiger partial charge in [0.25, 0.3) is 5.91 Å². The second-order valence-corrected chi connectivity index (χ2v) is 6.58. The van der Waals surface area contributed by atoms with E-state index in [1.54, 1.807) is 0 Å². The van der Waals surface area contributed by atoms with Gasteiger partial charge < -0.3 is 15.1 Å². The van der Waals surface area contributed by atoms with Gasteiger partial charge in [0.15, 0.2) is 0 Å². The average Bonchev–Trinajstić information content (AvgIpc) is 2.68. The topological polar surface area (TPSA) is 60.8 Å². The van der Waals surface area contributed by atoms with E-state index in [4.69, 9.17) is 5.11 Å². The van der Waals surface area contributed by atoms with Gasteiger partial charge in [-0.15, -0.1) is 0 Å². The monoisotopic (exact) mass is 339 g/mol. The summed E-state index contributed by atoms with van der Waals surface area (Å²) in [7, 11) is 0. The minimum Gasteiger partial charge on any atom is -0.396 e. The molecule has 1 fully saturated rings. The van der Waals surface area contributed by atoms with Crippen LogP contribution in [0.2, 0.25) is 0 Å². The quantitative estimate of drug-likeness (QED) is 0.880. The molecule has 1 unspecified atom stereocenters. The van der Waals surface area contributed by atoms with Crippen LogP contribution in [0.1, 0.15) is 35.2 Å². The number of rotatable bonds is 5. The molecule has 2 N–H and O–H groups in total. The Morgan fingerprint density at radius 1 is 1.04 bits per heavy atom. The van der Waals surface area contributed by atoms with Gasteiger partial charge >= 0.3 is 0 Å². The molecule has 3 rings (SSSR count). The third kappa shape index (κ3) is 4.09. The van der Waals surface area contributed by atoms with E-state index < -0.39 is 0 Å². The predicted octanol–water partition coefficient (Wildman–Crippen LogP) is 2.88. The molecule has 0 aliphatic carbocycles. The predicted molar refractivity (Wildman–Crippen MR) is 98.4 cm³/mol. The zero-order valence-electron chi connectivity index (χ0n) is 14.4. The number of carbonyl (C=O) groups is 1. The number of aliphatic hydroxyl groups excluding tert-OH is 2. The molecular weight excluding hydrogens is 314 g/mol. The number of hydrogen-bond donors (Lipinski definition) is 2. The van der Waals surface area contributed by atoms with Crippen LogP contribution < -0.4 is 0 Å². The number of aliphatic hydroxyl groups is 2. The lowest BCUT2D eigenvalue weighted by atomic mass is 9.98. The molecule has 0 radical (unpaired) electrons. The fourth-order valence-electron chi connectivity index (χ4n) is 3.45. The fourth-order valence-corrected chi connectivity index (χ4v) is 3.45. The van der Waals surface area contributed by atoms with Crippen molar-refractivity contribution in [3.8, 4) is 11.1 Å². The summed E-state index contributed by atoms with van der Waals surface area (Å²) in [6.45, 7) is 0.882. The van der Waals surface area contributed by atoms with Crippen LogP contribution in [-0.2, 0) is 6.42 Å². The highest BCUT2D eigenvalue weighted by Crippen LogP contribution is 2.24. The summed E-state index contributed by atoms with van der Waals surface area (Å²) in [5.74, 6) is -0.00231. The van der Waals surface area contributed by atoms with E-state index >= 15 is 0 Å². The Hall–Kier alpha value is -2.17. The molecule has 4 nitrogen and oxygen atoms in total. The van der Waals surface area contributed by atoms with E-state index in [-0.39, 0.29) is 25.2 Å². The van der Waals surface area contributed by atoms with Gasteiger partial charge in [0.05, 0.1) is 12.6 Å². The average molecular weight is 339 g/mol. The Morgan fingerprint density at radius 2 is 1.84 bits per heavy atom. The maximum absolute atomic E-state index is 12.9. The Balaban J connectivity index is 1.82. The lowest BCUT2D eigenvalue weighted by Gasteiger charge is -2.34. The molecule has 1 saturated heterocycles. The largest absolute Gasteiger partial charge is 0.396 e. The second kappa shape index (κ2) is 8.28. The first kappa shape index (κ1) is 17.6. The van der Waals surface area contributed by atoms with Gasteiger partial charge in [0.2, 0.25) is 0 Å². The highest BCUT2D eigenvalue weighted by Gasteiger charge is 2.26. The molecule has 4 heteroatoms. The van der Waals surface area contributed by atoms with Crippen LogP contribution in [0.3, 0.4) is 0 Å². The minimum absolute atomic E-state index is 0.00231. The molecule has 132 valence electrons. The van der Waals surface area contributed by atoms with Crippen molar-refractivity contribution in [1.82, 2.24) is 4.90 Å². The van der Waals surface area contributed by atoms with E-state index in [1.807, 2.05) is 53.4 Å². The highest BCUT2D eigenvalue weighted by molar-refractivity contribution is 5.95. The summed E-state index contributed by atoms with van der Waals surface area (Å²) >= 11 is 0. The molecular formula is C21H25NO3. The molecule has 1 atom stereocenters. The fraction of sp³-hybridized carbons (Fsp3) is 0.381. The molecule has 0 saturated carbocycles. The van der Waals surface area contributed by atoms with Crippen LogP contribution in [0.4, 0.5) is 0 Å². The zero-order valence-corrected chi connectivity index (χ0v) is 14.4. The van der Waals surface area contributed by atoms with Crippen LogP contribution in [0, 0.1) is 0 Å². The van der Waals surface area contributed by atoms with Gasteiger partial charge in [-0.2, -0.15) is 0 Å². The zero-order chi connectivity index (χ0) is 17.6. The number of nitrogens with zero attached hydrogens (tertiary/aromatic N) is 1. The molecule has 0 bridgehead atoms. The van der Waals surface area contributed by atoms with Gasteiger partial charge in [0, 0.05) is 18.7 Å². The first-order valence-electron chi connectivity index (χ1n) is 8.95. The van der Waals surface area contributed by atoms with Gasteiger partial charge in [-0.3, -0.25) is 4.79 Å². The summed E-state index contributed by atoms with van der Waals surface area (Å²) in [4.78, 5) is 14.7. The SMILES string of the molecule is O=C(c1cccc(-c2ccc(CCO)cc2)c1)N1CCCCC1CO. The number of carbonyl (C=O) groups excluding carboxylic acids is 1. The molecule has 1 aliphatic rings. The molecule has 2 aromatic carbocycles. The standard InChI is InChI=1S/C21H25NO3/c23-13-11-16-7-9-17(10-8-16)18-4-3-5-19(14-18)21(25)22-12-2-1-6-20(22)15-24/h3-5,7-10,14,20,23-24H,1-2,6,11-13,15H2. The van der Waals surface area contributed by atoms with E-state index in [0.717, 1.165) is 36.0 Å². The third-order valence-corrected chi connectivity index (χ3v) is 4.90. The number of hydrogen-bond acceptors (Lipinski definition) is 3. The van der Waals surface area contributed by atoms with E-state index in [9.17, 15) is 9.90 Å². The van der Waals surface area contributed by atoms with Crippen molar-refractivity contribution in [2.75, 3.05) is 19.8 Å². The summed E-state index contributed by atoms with van der Waals surface area (Å²) in [5, 5.41) is 18.6. The maximum atomic E-state index is 12.9. The third-order valence-electron chi connectivity index (χ3n) is 4.90. The Morgan fingerprint density at radius 3 is 2.56 bits per heavy atom. The number of likely N-dealkylation sites (tertiary alicyclic amines) is 1. The van der Waals surface area contributed by atoms with Crippen LogP contribution in [0.15, 0.2) is 48.5 Å². The summed E-state index contributed by atoms with van der Waals surface area (Å²) in [6.07, 6.45) is 3.58. The van der Waals surface area contributed by atoms with Crippen molar-refractivity contribution in [1.29, 1.82) is 0 Å². The van der Waals surface area contributed by atoms with E-state index in [2.05, 4.69) is 0 Å². The lowest BCUT2D eigenvalue weighted by molar-refractivity contribution is 0.0503. The normalized spacial score (nSPS) is 17.5. The van der Waals surface area contributed by atoms with Crippen LogP contribution in [-0.4, -0.2) is 46.8 Å². The first-order chi connectivity index (χ1) is 12.2. The number of piperidine rings is 1. The molecule has 25 heavy (non-hydrogen) atoms. The summed E-state index contributed by atoms with van der Waals surface area (Å²) < 4.78 is 0. The van der Waals surface area contributed by atoms with Gasteiger partial charge in [-0.25, -0.2) is 0 Å². The van der Waals surface area contributed by atoms with Crippen molar-refractivity contribution < 1.29 is 15.0 Å².